The molecule has 0 saturated heterocycles. The number of nitro groups is 1. The molecule has 15 heavy (non-hydrogen) atoms. The number of nitro benzene ring substituents is 1. The number of aliphatic hydroxyl groups excluding tert-OH is 1. The summed E-state index contributed by atoms with van der Waals surface area (Å²) < 4.78 is 0.130. The van der Waals surface area contributed by atoms with Crippen LogP contribution in [0.25, 0.3) is 0 Å². The van der Waals surface area contributed by atoms with Crippen LogP contribution in [0.4, 0.5) is 5.69 Å². The van der Waals surface area contributed by atoms with E-state index < -0.39 is 22.7 Å². The van der Waals surface area contributed by atoms with Crippen molar-refractivity contribution in [3.63, 3.8) is 0 Å². The average Bonchev–Trinajstić information content (AvgIpc) is 2.15. The van der Waals surface area contributed by atoms with Crippen molar-refractivity contribution >= 4 is 27.6 Å². The molecule has 2 N–H and O–H groups in total. The lowest BCUT2D eigenvalue weighted by atomic mass is 10.1. The van der Waals surface area contributed by atoms with Gasteiger partial charge in [0.15, 0.2) is 6.10 Å². The Hall–Kier alpha value is -1.47. The number of carboxylic acid groups (broad SMARTS) is 1. The maximum absolute atomic E-state index is 10.6. The molecule has 1 aromatic carbocycles. The Balaban J connectivity index is 3.35. The molecular formula is C8H6BrNO5. The number of carbonyl (C=O) groups is 1. The second kappa shape index (κ2) is 4.37. The molecular weight excluding hydrogens is 270 g/mol. The van der Waals surface area contributed by atoms with Gasteiger partial charge in [-0.2, -0.15) is 0 Å². The Labute approximate surface area is 92.4 Å². The molecule has 0 fully saturated rings. The summed E-state index contributed by atoms with van der Waals surface area (Å²) in [5, 5.41) is 28.4. The van der Waals surface area contributed by atoms with Crippen LogP contribution in [0.3, 0.4) is 0 Å². The number of hydrogen-bond acceptors (Lipinski definition) is 4. The van der Waals surface area contributed by atoms with Crippen molar-refractivity contribution in [2.45, 2.75) is 6.10 Å². The van der Waals surface area contributed by atoms with Crippen LogP contribution in [-0.4, -0.2) is 21.1 Å². The Morgan fingerprint density at radius 2 is 2.13 bits per heavy atom. The average molecular weight is 276 g/mol. The van der Waals surface area contributed by atoms with Gasteiger partial charge in [-0.1, -0.05) is 6.07 Å². The maximum atomic E-state index is 10.6. The SMILES string of the molecule is O=C(O)C(O)c1cccc(Br)c1[N+](=O)[O-]. The van der Waals surface area contributed by atoms with Gasteiger partial charge in [-0.3, -0.25) is 10.1 Å². The minimum Gasteiger partial charge on any atom is -0.479 e. The number of halogens is 1. The standard InChI is InChI=1S/C8H6BrNO5/c9-5-3-1-2-4(6(5)10(14)15)7(11)8(12)13/h1-3,7,11H,(H,12,13). The lowest BCUT2D eigenvalue weighted by molar-refractivity contribution is -0.386. The predicted molar refractivity (Wildman–Crippen MR) is 53.4 cm³/mol. The topological polar surface area (TPSA) is 101 Å². The number of hydrogen-bond donors (Lipinski definition) is 2. The van der Waals surface area contributed by atoms with Gasteiger partial charge in [0, 0.05) is 0 Å². The summed E-state index contributed by atoms with van der Waals surface area (Å²) in [6.07, 6.45) is -1.90. The van der Waals surface area contributed by atoms with Crippen molar-refractivity contribution in [3.8, 4) is 0 Å². The number of para-hydroxylation sites is 1. The van der Waals surface area contributed by atoms with Crippen LogP contribution in [0.5, 0.6) is 0 Å². The molecule has 7 heteroatoms. The fraction of sp³-hybridized carbons (Fsp3) is 0.125. The largest absolute Gasteiger partial charge is 0.479 e. The fourth-order valence-corrected chi connectivity index (χ4v) is 1.60. The molecule has 1 atom stereocenters. The number of nitrogens with zero attached hydrogens (tertiary/aromatic N) is 1. The molecule has 80 valence electrons. The minimum atomic E-state index is -1.90. The number of rotatable bonds is 3. The van der Waals surface area contributed by atoms with Gasteiger partial charge >= 0.3 is 5.97 Å². The monoisotopic (exact) mass is 275 g/mol. The molecule has 0 aliphatic carbocycles. The number of benzene rings is 1. The van der Waals surface area contributed by atoms with Crippen molar-refractivity contribution in [3.05, 3.63) is 38.3 Å². The molecule has 0 radical (unpaired) electrons. The van der Waals surface area contributed by atoms with E-state index in [1.807, 2.05) is 0 Å². The first-order valence-corrected chi connectivity index (χ1v) is 4.58. The summed E-state index contributed by atoms with van der Waals surface area (Å²) in [6.45, 7) is 0. The van der Waals surface area contributed by atoms with Crippen molar-refractivity contribution in [1.29, 1.82) is 0 Å². The highest BCUT2D eigenvalue weighted by Crippen LogP contribution is 2.32. The summed E-state index contributed by atoms with van der Waals surface area (Å²) in [4.78, 5) is 20.4. The van der Waals surface area contributed by atoms with E-state index in [1.54, 1.807) is 0 Å². The van der Waals surface area contributed by atoms with Gasteiger partial charge in [0.05, 0.1) is 15.0 Å². The van der Waals surface area contributed by atoms with Gasteiger partial charge in [0.2, 0.25) is 0 Å². The van der Waals surface area contributed by atoms with Gasteiger partial charge in [0.1, 0.15) is 0 Å². The lowest BCUT2D eigenvalue weighted by Crippen LogP contribution is -2.12. The van der Waals surface area contributed by atoms with E-state index in [0.717, 1.165) is 0 Å². The zero-order chi connectivity index (χ0) is 11.6. The van der Waals surface area contributed by atoms with Crippen LogP contribution in [0, 0.1) is 10.1 Å². The molecule has 1 unspecified atom stereocenters. The summed E-state index contributed by atoms with van der Waals surface area (Å²) in [5.41, 5.74) is -0.686. The first kappa shape index (κ1) is 11.6. The second-order valence-electron chi connectivity index (χ2n) is 2.68. The van der Waals surface area contributed by atoms with Gasteiger partial charge < -0.3 is 10.2 Å². The number of aliphatic hydroxyl groups is 1. The Kier molecular flexibility index (Phi) is 3.38. The highest BCUT2D eigenvalue weighted by atomic mass is 79.9. The van der Waals surface area contributed by atoms with Crippen molar-refractivity contribution in [2.75, 3.05) is 0 Å². The smallest absolute Gasteiger partial charge is 0.337 e. The van der Waals surface area contributed by atoms with Crippen LogP contribution in [0.1, 0.15) is 11.7 Å². The quantitative estimate of drug-likeness (QED) is 0.643. The van der Waals surface area contributed by atoms with E-state index in [9.17, 15) is 20.0 Å². The Morgan fingerprint density at radius 3 is 2.60 bits per heavy atom. The normalized spacial score (nSPS) is 12.1. The summed E-state index contributed by atoms with van der Waals surface area (Å²) in [6, 6.07) is 4.01. The molecule has 0 spiro atoms. The van der Waals surface area contributed by atoms with Crippen LogP contribution in [0.15, 0.2) is 22.7 Å². The highest BCUT2D eigenvalue weighted by Gasteiger charge is 2.27. The van der Waals surface area contributed by atoms with Crippen LogP contribution < -0.4 is 0 Å². The first-order valence-electron chi connectivity index (χ1n) is 3.79. The van der Waals surface area contributed by atoms with Gasteiger partial charge in [-0.15, -0.1) is 0 Å². The van der Waals surface area contributed by atoms with E-state index >= 15 is 0 Å². The predicted octanol–water partition coefficient (Wildman–Crippen LogP) is 1.48. The number of aliphatic carboxylic acids is 1. The van der Waals surface area contributed by atoms with E-state index in [2.05, 4.69) is 15.9 Å². The lowest BCUT2D eigenvalue weighted by Gasteiger charge is -2.07. The summed E-state index contributed by atoms with van der Waals surface area (Å²) in [5.74, 6) is -1.53. The van der Waals surface area contributed by atoms with E-state index in [4.69, 9.17) is 5.11 Å². The zero-order valence-electron chi connectivity index (χ0n) is 7.25. The Bertz CT molecular complexity index is 419. The van der Waals surface area contributed by atoms with Gasteiger partial charge in [-0.05, 0) is 28.1 Å². The molecule has 0 amide bonds. The Morgan fingerprint density at radius 1 is 1.53 bits per heavy atom. The summed E-state index contributed by atoms with van der Waals surface area (Å²) in [7, 11) is 0. The molecule has 0 aromatic heterocycles. The van der Waals surface area contributed by atoms with Crippen molar-refractivity contribution in [2.24, 2.45) is 0 Å². The maximum Gasteiger partial charge on any atom is 0.337 e. The highest BCUT2D eigenvalue weighted by molar-refractivity contribution is 9.10. The number of carboxylic acids is 1. The third-order valence-electron chi connectivity index (χ3n) is 1.73. The van der Waals surface area contributed by atoms with E-state index in [1.165, 1.54) is 18.2 Å². The second-order valence-corrected chi connectivity index (χ2v) is 3.53. The molecule has 6 nitrogen and oxygen atoms in total. The molecule has 0 saturated carbocycles. The zero-order valence-corrected chi connectivity index (χ0v) is 8.84. The molecule has 1 aromatic rings. The van der Waals surface area contributed by atoms with E-state index in [0.29, 0.717) is 0 Å². The van der Waals surface area contributed by atoms with Crippen LogP contribution in [-0.2, 0) is 4.79 Å². The van der Waals surface area contributed by atoms with E-state index in [-0.39, 0.29) is 10.0 Å². The van der Waals surface area contributed by atoms with Crippen LogP contribution in [0.2, 0.25) is 0 Å². The molecule has 0 heterocycles. The molecule has 0 aliphatic rings. The van der Waals surface area contributed by atoms with Gasteiger partial charge in [0.25, 0.3) is 5.69 Å². The molecule has 1 rings (SSSR count). The van der Waals surface area contributed by atoms with Crippen molar-refractivity contribution in [1.82, 2.24) is 0 Å². The summed E-state index contributed by atoms with van der Waals surface area (Å²) >= 11 is 2.92. The van der Waals surface area contributed by atoms with Gasteiger partial charge in [-0.25, -0.2) is 4.79 Å². The molecule has 0 bridgehead atoms. The van der Waals surface area contributed by atoms with Crippen LogP contribution >= 0.6 is 15.9 Å². The first-order chi connectivity index (χ1) is 6.95. The third kappa shape index (κ3) is 2.31. The molecule has 0 aliphatic heterocycles. The third-order valence-corrected chi connectivity index (χ3v) is 2.37. The fourth-order valence-electron chi connectivity index (χ4n) is 1.08. The van der Waals surface area contributed by atoms with Crippen molar-refractivity contribution < 1.29 is 19.9 Å². The minimum absolute atomic E-state index is 0.130.